The van der Waals surface area contributed by atoms with Crippen LogP contribution < -0.4 is 0 Å². The SMILES string of the molecule is C=CC(CCC)CCC(C)C(C)CC(C)C1CC(N(C)C)C1. The first-order valence-corrected chi connectivity index (χ1v) is 9.67. The summed E-state index contributed by atoms with van der Waals surface area (Å²) in [4.78, 5) is 2.40. The van der Waals surface area contributed by atoms with Gasteiger partial charge in [-0.2, -0.15) is 0 Å². The Balaban J connectivity index is 2.26. The maximum Gasteiger partial charge on any atom is 0.00946 e. The van der Waals surface area contributed by atoms with Gasteiger partial charge in [-0.25, -0.2) is 0 Å². The molecule has 0 heterocycles. The maximum absolute atomic E-state index is 4.01. The zero-order valence-electron chi connectivity index (χ0n) is 16.1. The van der Waals surface area contributed by atoms with Gasteiger partial charge in [-0.05, 0) is 82.2 Å². The molecule has 0 saturated heterocycles. The maximum atomic E-state index is 4.01. The van der Waals surface area contributed by atoms with Crippen LogP contribution in [0.2, 0.25) is 0 Å². The van der Waals surface area contributed by atoms with Gasteiger partial charge in [0.25, 0.3) is 0 Å². The number of hydrogen-bond acceptors (Lipinski definition) is 1. The van der Waals surface area contributed by atoms with E-state index in [1.165, 1.54) is 44.9 Å². The number of nitrogens with zero attached hydrogens (tertiary/aromatic N) is 1. The van der Waals surface area contributed by atoms with Crippen LogP contribution in [-0.4, -0.2) is 25.0 Å². The van der Waals surface area contributed by atoms with E-state index in [2.05, 4.69) is 59.3 Å². The summed E-state index contributed by atoms with van der Waals surface area (Å²) >= 11 is 0. The van der Waals surface area contributed by atoms with E-state index in [0.29, 0.717) is 0 Å². The number of hydrogen-bond donors (Lipinski definition) is 0. The third-order valence-corrected chi connectivity index (χ3v) is 6.39. The van der Waals surface area contributed by atoms with Crippen LogP contribution in [-0.2, 0) is 0 Å². The van der Waals surface area contributed by atoms with E-state index in [4.69, 9.17) is 0 Å². The fourth-order valence-electron chi connectivity index (χ4n) is 4.04. The van der Waals surface area contributed by atoms with Crippen LogP contribution in [0.25, 0.3) is 0 Å². The summed E-state index contributed by atoms with van der Waals surface area (Å²) in [6.07, 6.45) is 11.7. The molecule has 1 aliphatic carbocycles. The van der Waals surface area contributed by atoms with Crippen LogP contribution in [0.1, 0.15) is 72.6 Å². The molecule has 0 spiro atoms. The smallest absolute Gasteiger partial charge is 0.00946 e. The predicted octanol–water partition coefficient (Wildman–Crippen LogP) is 6.01. The lowest BCUT2D eigenvalue weighted by atomic mass is 9.69. The molecule has 4 atom stereocenters. The summed E-state index contributed by atoms with van der Waals surface area (Å²) in [5.74, 6) is 4.33. The van der Waals surface area contributed by atoms with Crippen molar-refractivity contribution < 1.29 is 0 Å². The van der Waals surface area contributed by atoms with Crippen LogP contribution in [0, 0.1) is 29.6 Å². The highest BCUT2D eigenvalue weighted by Gasteiger charge is 2.34. The summed E-state index contributed by atoms with van der Waals surface area (Å²) in [6.45, 7) is 13.7. The van der Waals surface area contributed by atoms with Crippen molar-refractivity contribution >= 4 is 0 Å². The first-order chi connectivity index (χ1) is 10.4. The van der Waals surface area contributed by atoms with Crippen molar-refractivity contribution in [1.29, 1.82) is 0 Å². The molecule has 0 radical (unpaired) electrons. The second kappa shape index (κ2) is 9.75. The van der Waals surface area contributed by atoms with Gasteiger partial charge in [0.1, 0.15) is 0 Å². The van der Waals surface area contributed by atoms with Gasteiger partial charge in [-0.3, -0.25) is 0 Å². The third-order valence-electron chi connectivity index (χ3n) is 6.39. The van der Waals surface area contributed by atoms with Crippen molar-refractivity contribution in [3.05, 3.63) is 12.7 Å². The van der Waals surface area contributed by atoms with Crippen LogP contribution in [0.15, 0.2) is 12.7 Å². The summed E-state index contributed by atoms with van der Waals surface area (Å²) in [5, 5.41) is 0. The molecule has 0 aromatic carbocycles. The van der Waals surface area contributed by atoms with Gasteiger partial charge in [0.05, 0.1) is 0 Å². The molecular weight excluding hydrogens is 266 g/mol. The number of allylic oxidation sites excluding steroid dienone is 1. The van der Waals surface area contributed by atoms with E-state index in [9.17, 15) is 0 Å². The molecule has 130 valence electrons. The molecule has 0 amide bonds. The summed E-state index contributed by atoms with van der Waals surface area (Å²) in [7, 11) is 4.45. The molecule has 22 heavy (non-hydrogen) atoms. The first kappa shape index (κ1) is 19.7. The topological polar surface area (TPSA) is 3.24 Å². The third kappa shape index (κ3) is 6.07. The lowest BCUT2D eigenvalue weighted by Gasteiger charge is -2.43. The summed E-state index contributed by atoms with van der Waals surface area (Å²) < 4.78 is 0. The van der Waals surface area contributed by atoms with E-state index in [-0.39, 0.29) is 0 Å². The molecule has 1 rings (SSSR count). The Labute approximate surface area is 140 Å². The summed E-state index contributed by atoms with van der Waals surface area (Å²) in [6, 6.07) is 0.850. The second-order valence-electron chi connectivity index (χ2n) is 8.38. The van der Waals surface area contributed by atoms with Crippen molar-refractivity contribution in [2.45, 2.75) is 78.7 Å². The standard InChI is InChI=1S/C21H41N/c1-8-10-19(9-2)12-11-16(3)17(4)13-18(5)20-14-21(15-20)22(6)7/h9,16-21H,2,8,10-15H2,1,3-7H3. The van der Waals surface area contributed by atoms with Crippen LogP contribution in [0.5, 0.6) is 0 Å². The van der Waals surface area contributed by atoms with Crippen LogP contribution >= 0.6 is 0 Å². The molecular formula is C21H41N. The highest BCUT2D eigenvalue weighted by molar-refractivity contribution is 4.88. The molecule has 0 aliphatic heterocycles. The molecule has 0 bridgehead atoms. The molecule has 1 saturated carbocycles. The average Bonchev–Trinajstić information content (AvgIpc) is 2.40. The van der Waals surface area contributed by atoms with Gasteiger partial charge in [-0.1, -0.05) is 40.2 Å². The minimum absolute atomic E-state index is 0.740. The van der Waals surface area contributed by atoms with Gasteiger partial charge < -0.3 is 4.90 Å². The zero-order chi connectivity index (χ0) is 16.7. The van der Waals surface area contributed by atoms with Crippen LogP contribution in [0.4, 0.5) is 0 Å². The van der Waals surface area contributed by atoms with E-state index in [1.54, 1.807) is 0 Å². The van der Waals surface area contributed by atoms with E-state index in [0.717, 1.165) is 35.6 Å². The fourth-order valence-corrected chi connectivity index (χ4v) is 4.04. The zero-order valence-corrected chi connectivity index (χ0v) is 16.1. The van der Waals surface area contributed by atoms with Gasteiger partial charge in [0, 0.05) is 6.04 Å². The van der Waals surface area contributed by atoms with E-state index < -0.39 is 0 Å². The molecule has 0 aromatic rings. The first-order valence-electron chi connectivity index (χ1n) is 9.67. The molecule has 1 aliphatic rings. The lowest BCUT2D eigenvalue weighted by Crippen LogP contribution is -2.43. The Bertz CT molecular complexity index is 303. The van der Waals surface area contributed by atoms with Crippen molar-refractivity contribution in [2.75, 3.05) is 14.1 Å². The quantitative estimate of drug-likeness (QED) is 0.423. The van der Waals surface area contributed by atoms with Gasteiger partial charge in [0.15, 0.2) is 0 Å². The molecule has 4 unspecified atom stereocenters. The Morgan fingerprint density at radius 3 is 2.18 bits per heavy atom. The highest BCUT2D eigenvalue weighted by atomic mass is 15.1. The predicted molar refractivity (Wildman–Crippen MR) is 100 cm³/mol. The Kier molecular flexibility index (Phi) is 8.75. The Hall–Kier alpha value is -0.300. The fraction of sp³-hybridized carbons (Fsp3) is 0.905. The van der Waals surface area contributed by atoms with Gasteiger partial charge >= 0.3 is 0 Å². The Morgan fingerprint density at radius 1 is 1.05 bits per heavy atom. The molecule has 1 fully saturated rings. The molecule has 1 nitrogen and oxygen atoms in total. The molecule has 1 heteroatoms. The average molecular weight is 308 g/mol. The van der Waals surface area contributed by atoms with Gasteiger partial charge in [0.2, 0.25) is 0 Å². The van der Waals surface area contributed by atoms with Crippen molar-refractivity contribution in [2.24, 2.45) is 29.6 Å². The van der Waals surface area contributed by atoms with Crippen LogP contribution in [0.3, 0.4) is 0 Å². The summed E-state index contributed by atoms with van der Waals surface area (Å²) in [5.41, 5.74) is 0. The van der Waals surface area contributed by atoms with Gasteiger partial charge in [-0.15, -0.1) is 6.58 Å². The van der Waals surface area contributed by atoms with Crippen molar-refractivity contribution in [1.82, 2.24) is 4.90 Å². The molecule has 0 N–H and O–H groups in total. The lowest BCUT2D eigenvalue weighted by molar-refractivity contribution is 0.0732. The minimum Gasteiger partial charge on any atom is -0.306 e. The largest absolute Gasteiger partial charge is 0.306 e. The Morgan fingerprint density at radius 2 is 1.68 bits per heavy atom. The van der Waals surface area contributed by atoms with E-state index in [1.807, 2.05) is 0 Å². The second-order valence-corrected chi connectivity index (χ2v) is 8.38. The monoisotopic (exact) mass is 307 g/mol. The van der Waals surface area contributed by atoms with E-state index >= 15 is 0 Å². The highest BCUT2D eigenvalue weighted by Crippen LogP contribution is 2.40. The minimum atomic E-state index is 0.740. The molecule has 0 aromatic heterocycles. The van der Waals surface area contributed by atoms with Crippen molar-refractivity contribution in [3.8, 4) is 0 Å². The van der Waals surface area contributed by atoms with Crippen molar-refractivity contribution in [3.63, 3.8) is 0 Å². The number of rotatable bonds is 11. The normalized spacial score (nSPS) is 27.0.